The van der Waals surface area contributed by atoms with Crippen LogP contribution in [0.3, 0.4) is 0 Å². The van der Waals surface area contributed by atoms with E-state index in [1.54, 1.807) is 35.6 Å². The molecule has 116 valence electrons. The number of alkyl halides is 3. The van der Waals surface area contributed by atoms with Gasteiger partial charge in [0.05, 0.1) is 0 Å². The van der Waals surface area contributed by atoms with Crippen LogP contribution in [0, 0.1) is 0 Å². The molecule has 0 spiro atoms. The summed E-state index contributed by atoms with van der Waals surface area (Å²) in [5, 5.41) is 10.0. The van der Waals surface area contributed by atoms with E-state index in [-0.39, 0.29) is 6.61 Å². The van der Waals surface area contributed by atoms with E-state index in [2.05, 4.69) is 4.74 Å². The van der Waals surface area contributed by atoms with Gasteiger partial charge >= 0.3 is 18.2 Å². The van der Waals surface area contributed by atoms with Crippen molar-refractivity contribution in [1.82, 2.24) is 5.32 Å². The molecule has 0 heterocycles. The number of nitrogens with one attached hydrogen (secondary N) is 1. The Morgan fingerprint density at radius 2 is 1.86 bits per heavy atom. The average Bonchev–Trinajstić information content (AvgIpc) is 2.41. The number of carboxylic acids is 1. The molecule has 1 atom stereocenters. The Kier molecular flexibility index (Phi) is 6.01. The lowest BCUT2D eigenvalue weighted by atomic mass is 10.1. The first-order valence-electron chi connectivity index (χ1n) is 6.04. The van der Waals surface area contributed by atoms with Crippen molar-refractivity contribution in [2.75, 3.05) is 0 Å². The summed E-state index contributed by atoms with van der Waals surface area (Å²) < 4.78 is 42.6. The molecule has 0 saturated heterocycles. The lowest BCUT2D eigenvalue weighted by molar-refractivity contribution is -0.158. The molecule has 0 aliphatic carbocycles. The largest absolute Gasteiger partial charge is 0.481 e. The number of carbonyl (C=O) groups is 2. The predicted octanol–water partition coefficient (Wildman–Crippen LogP) is 2.71. The van der Waals surface area contributed by atoms with Gasteiger partial charge < -0.3 is 15.2 Å². The average molecular weight is 305 g/mol. The fourth-order valence-electron chi connectivity index (χ4n) is 1.49. The molecule has 1 aromatic rings. The van der Waals surface area contributed by atoms with Crippen molar-refractivity contribution in [1.29, 1.82) is 0 Å². The molecular weight excluding hydrogens is 291 g/mol. The summed E-state index contributed by atoms with van der Waals surface area (Å²) in [4.78, 5) is 21.7. The minimum absolute atomic E-state index is 0.170. The van der Waals surface area contributed by atoms with Crippen molar-refractivity contribution in [2.45, 2.75) is 31.7 Å². The minimum atomic E-state index is -4.73. The second-order valence-electron chi connectivity index (χ2n) is 4.23. The minimum Gasteiger partial charge on any atom is -0.481 e. The summed E-state index contributed by atoms with van der Waals surface area (Å²) in [7, 11) is 0. The molecule has 0 saturated carbocycles. The van der Waals surface area contributed by atoms with Gasteiger partial charge in [0.1, 0.15) is 12.6 Å². The molecule has 0 radical (unpaired) electrons. The highest BCUT2D eigenvalue weighted by molar-refractivity contribution is 5.68. The summed E-state index contributed by atoms with van der Waals surface area (Å²) >= 11 is 0. The van der Waals surface area contributed by atoms with Crippen LogP contribution in [0.2, 0.25) is 0 Å². The Labute approximate surface area is 118 Å². The van der Waals surface area contributed by atoms with E-state index >= 15 is 0 Å². The normalized spacial score (nSPS) is 12.5. The zero-order chi connectivity index (χ0) is 15.9. The number of rotatable bonds is 6. The molecule has 0 aliphatic rings. The van der Waals surface area contributed by atoms with E-state index in [4.69, 9.17) is 5.11 Å². The maximum atomic E-state index is 12.6. The van der Waals surface area contributed by atoms with Gasteiger partial charge in [-0.3, -0.25) is 4.79 Å². The van der Waals surface area contributed by atoms with Crippen LogP contribution in [0.1, 0.15) is 18.4 Å². The first kappa shape index (κ1) is 16.8. The SMILES string of the molecule is O=C(O)CC[C@H](NC(=O)OCc1ccccc1)C(F)(F)F. The summed E-state index contributed by atoms with van der Waals surface area (Å²) in [6.07, 6.45) is -7.43. The van der Waals surface area contributed by atoms with E-state index in [1.807, 2.05) is 0 Å². The van der Waals surface area contributed by atoms with Gasteiger partial charge in [-0.25, -0.2) is 4.79 Å². The maximum absolute atomic E-state index is 12.6. The molecule has 0 unspecified atom stereocenters. The number of ether oxygens (including phenoxy) is 1. The molecule has 1 aromatic carbocycles. The van der Waals surface area contributed by atoms with Gasteiger partial charge in [-0.1, -0.05) is 30.3 Å². The highest BCUT2D eigenvalue weighted by Crippen LogP contribution is 2.23. The highest BCUT2D eigenvalue weighted by Gasteiger charge is 2.41. The summed E-state index contributed by atoms with van der Waals surface area (Å²) in [5.41, 5.74) is 0.627. The molecule has 1 amide bonds. The van der Waals surface area contributed by atoms with Crippen LogP contribution < -0.4 is 5.32 Å². The number of benzene rings is 1. The Balaban J connectivity index is 2.50. The van der Waals surface area contributed by atoms with E-state index in [0.29, 0.717) is 5.56 Å². The van der Waals surface area contributed by atoms with Gasteiger partial charge in [0.2, 0.25) is 0 Å². The molecule has 0 aromatic heterocycles. The standard InChI is InChI=1S/C13H14F3NO4/c14-13(15,16)10(6-7-11(18)19)17-12(20)21-8-9-4-2-1-3-5-9/h1-5,10H,6-8H2,(H,17,20)(H,18,19)/t10-/m0/s1. The predicted molar refractivity (Wildman–Crippen MR) is 66.5 cm³/mol. The van der Waals surface area contributed by atoms with Crippen LogP contribution >= 0.6 is 0 Å². The molecule has 5 nitrogen and oxygen atoms in total. The van der Waals surface area contributed by atoms with Crippen molar-refractivity contribution >= 4 is 12.1 Å². The highest BCUT2D eigenvalue weighted by atomic mass is 19.4. The van der Waals surface area contributed by atoms with Crippen LogP contribution in [0.25, 0.3) is 0 Å². The van der Waals surface area contributed by atoms with Gasteiger partial charge in [0.25, 0.3) is 0 Å². The molecule has 8 heteroatoms. The number of amides is 1. The van der Waals surface area contributed by atoms with E-state index in [0.717, 1.165) is 0 Å². The lowest BCUT2D eigenvalue weighted by Crippen LogP contribution is -2.45. The fraction of sp³-hybridized carbons (Fsp3) is 0.385. The molecule has 21 heavy (non-hydrogen) atoms. The topological polar surface area (TPSA) is 75.6 Å². The summed E-state index contributed by atoms with van der Waals surface area (Å²) in [5.74, 6) is -1.37. The number of hydrogen-bond donors (Lipinski definition) is 2. The van der Waals surface area contributed by atoms with Gasteiger partial charge in [0, 0.05) is 6.42 Å². The third-order valence-corrected chi connectivity index (χ3v) is 2.55. The third kappa shape index (κ3) is 6.64. The van der Waals surface area contributed by atoms with Crippen LogP contribution in [0.4, 0.5) is 18.0 Å². The lowest BCUT2D eigenvalue weighted by Gasteiger charge is -2.20. The number of hydrogen-bond acceptors (Lipinski definition) is 3. The first-order valence-corrected chi connectivity index (χ1v) is 6.04. The number of carbonyl (C=O) groups excluding carboxylic acids is 1. The smallest absolute Gasteiger partial charge is 0.408 e. The van der Waals surface area contributed by atoms with Crippen molar-refractivity contribution in [3.8, 4) is 0 Å². The summed E-state index contributed by atoms with van der Waals surface area (Å²) in [6.45, 7) is -0.170. The fourth-order valence-corrected chi connectivity index (χ4v) is 1.49. The molecule has 0 aliphatic heterocycles. The molecule has 2 N–H and O–H groups in total. The van der Waals surface area contributed by atoms with Gasteiger partial charge in [-0.2, -0.15) is 13.2 Å². The molecule has 1 rings (SSSR count). The third-order valence-electron chi connectivity index (χ3n) is 2.55. The van der Waals surface area contributed by atoms with Crippen LogP contribution in [0.15, 0.2) is 30.3 Å². The van der Waals surface area contributed by atoms with Crippen molar-refractivity contribution in [3.63, 3.8) is 0 Å². The molecule has 0 bridgehead atoms. The Bertz CT molecular complexity index is 476. The maximum Gasteiger partial charge on any atom is 0.408 e. The zero-order valence-electron chi connectivity index (χ0n) is 10.9. The Morgan fingerprint density at radius 3 is 2.38 bits per heavy atom. The Morgan fingerprint density at radius 1 is 1.24 bits per heavy atom. The number of halogens is 3. The number of alkyl carbamates (subject to hydrolysis) is 1. The van der Waals surface area contributed by atoms with Crippen molar-refractivity contribution < 1.29 is 32.6 Å². The van der Waals surface area contributed by atoms with Crippen LogP contribution in [0.5, 0.6) is 0 Å². The van der Waals surface area contributed by atoms with E-state index < -0.39 is 37.1 Å². The van der Waals surface area contributed by atoms with Gasteiger partial charge in [0.15, 0.2) is 0 Å². The second kappa shape index (κ2) is 7.51. The van der Waals surface area contributed by atoms with Crippen molar-refractivity contribution in [2.24, 2.45) is 0 Å². The van der Waals surface area contributed by atoms with Gasteiger partial charge in [-0.15, -0.1) is 0 Å². The van der Waals surface area contributed by atoms with Crippen molar-refractivity contribution in [3.05, 3.63) is 35.9 Å². The van der Waals surface area contributed by atoms with Gasteiger partial charge in [-0.05, 0) is 12.0 Å². The summed E-state index contributed by atoms with van der Waals surface area (Å²) in [6, 6.07) is 6.19. The zero-order valence-corrected chi connectivity index (χ0v) is 10.9. The van der Waals surface area contributed by atoms with E-state index in [1.165, 1.54) is 0 Å². The second-order valence-corrected chi connectivity index (χ2v) is 4.23. The van der Waals surface area contributed by atoms with E-state index in [9.17, 15) is 22.8 Å². The monoisotopic (exact) mass is 305 g/mol. The quantitative estimate of drug-likeness (QED) is 0.847. The molecule has 0 fully saturated rings. The number of aliphatic carboxylic acids is 1. The Hall–Kier alpha value is -2.25. The molecular formula is C13H14F3NO4. The first-order chi connectivity index (χ1) is 9.79. The van der Waals surface area contributed by atoms with Crippen LogP contribution in [-0.4, -0.2) is 29.4 Å². The number of carboxylic acid groups (broad SMARTS) is 1. The van der Waals surface area contributed by atoms with Crippen LogP contribution in [-0.2, 0) is 16.1 Å².